The van der Waals surface area contributed by atoms with Gasteiger partial charge in [-0.1, -0.05) is 30.3 Å². The first-order valence-electron chi connectivity index (χ1n) is 8.99. The maximum Gasteiger partial charge on any atom is 0.225 e. The molecule has 2 heterocycles. The minimum atomic E-state index is 0.502. The zero-order chi connectivity index (χ0) is 19.3. The highest BCUT2D eigenvalue weighted by Gasteiger charge is 2.14. The smallest absolute Gasteiger partial charge is 0.225 e. The third-order valence-electron chi connectivity index (χ3n) is 4.23. The number of oxazole rings is 1. The molecule has 6 nitrogen and oxygen atoms in total. The first-order chi connectivity index (χ1) is 13.7. The van der Waals surface area contributed by atoms with E-state index in [1.807, 2.05) is 67.6 Å². The van der Waals surface area contributed by atoms with Gasteiger partial charge in [-0.15, -0.1) is 0 Å². The third-order valence-corrected chi connectivity index (χ3v) is 4.23. The maximum absolute atomic E-state index is 6.35. The van der Waals surface area contributed by atoms with Crippen LogP contribution in [0.5, 0.6) is 5.88 Å². The number of hydrogen-bond donors (Lipinski definition) is 2. The average molecular weight is 372 g/mol. The van der Waals surface area contributed by atoms with Crippen LogP contribution >= 0.6 is 0 Å². The first-order valence-corrected chi connectivity index (χ1v) is 8.99. The molecule has 0 aliphatic heterocycles. The Bertz CT molecular complexity index is 1050. The minimum absolute atomic E-state index is 0.502. The van der Waals surface area contributed by atoms with E-state index in [2.05, 4.69) is 15.3 Å². The predicted octanol–water partition coefficient (Wildman–Crippen LogP) is 5.13. The molecule has 0 saturated heterocycles. The number of nitrogens with one attached hydrogen (secondary N) is 1. The van der Waals surface area contributed by atoms with Crippen molar-refractivity contribution in [2.75, 3.05) is 17.7 Å². The highest BCUT2D eigenvalue weighted by Crippen LogP contribution is 2.36. The lowest BCUT2D eigenvalue weighted by atomic mass is 10.1. The number of anilines is 3. The van der Waals surface area contributed by atoms with E-state index >= 15 is 0 Å². The molecular weight excluding hydrogens is 352 g/mol. The van der Waals surface area contributed by atoms with Crippen LogP contribution in [0.3, 0.4) is 0 Å². The standard InChI is InChI=1S/C22H20N4O2/c1-2-27-22-21(16-6-4-3-5-7-16)18(23)12-20(26-22)25-17-10-8-15(9-11-17)19-13-24-14-28-19/h3-14H,2H2,1H3,(H3,23,25,26). The maximum atomic E-state index is 6.35. The second-order valence-corrected chi connectivity index (χ2v) is 6.14. The van der Waals surface area contributed by atoms with Crippen molar-refractivity contribution in [3.05, 3.63) is 73.3 Å². The summed E-state index contributed by atoms with van der Waals surface area (Å²) in [4.78, 5) is 8.56. The Morgan fingerprint density at radius 2 is 1.82 bits per heavy atom. The van der Waals surface area contributed by atoms with Crippen molar-refractivity contribution in [2.45, 2.75) is 6.92 Å². The summed E-state index contributed by atoms with van der Waals surface area (Å²) >= 11 is 0. The average Bonchev–Trinajstić information content (AvgIpc) is 3.24. The summed E-state index contributed by atoms with van der Waals surface area (Å²) < 4.78 is 11.1. The number of nitrogens with two attached hydrogens (primary N) is 1. The molecule has 28 heavy (non-hydrogen) atoms. The van der Waals surface area contributed by atoms with Gasteiger partial charge in [-0.2, -0.15) is 4.98 Å². The number of benzene rings is 2. The number of pyridine rings is 1. The van der Waals surface area contributed by atoms with Gasteiger partial charge in [0, 0.05) is 23.0 Å². The van der Waals surface area contributed by atoms with Gasteiger partial charge in [0.15, 0.2) is 12.2 Å². The van der Waals surface area contributed by atoms with E-state index in [-0.39, 0.29) is 0 Å². The van der Waals surface area contributed by atoms with Crippen molar-refractivity contribution in [3.8, 4) is 28.3 Å². The number of ether oxygens (including phenoxy) is 1. The van der Waals surface area contributed by atoms with Crippen molar-refractivity contribution < 1.29 is 9.15 Å². The van der Waals surface area contributed by atoms with E-state index in [0.717, 1.165) is 28.1 Å². The monoisotopic (exact) mass is 372 g/mol. The van der Waals surface area contributed by atoms with E-state index in [0.29, 0.717) is 24.0 Å². The topological polar surface area (TPSA) is 86.2 Å². The zero-order valence-electron chi connectivity index (χ0n) is 15.4. The van der Waals surface area contributed by atoms with Gasteiger partial charge >= 0.3 is 0 Å². The van der Waals surface area contributed by atoms with Crippen LogP contribution in [0.15, 0.2) is 77.7 Å². The second-order valence-electron chi connectivity index (χ2n) is 6.14. The van der Waals surface area contributed by atoms with Crippen molar-refractivity contribution in [3.63, 3.8) is 0 Å². The summed E-state index contributed by atoms with van der Waals surface area (Å²) in [6.07, 6.45) is 3.10. The quantitative estimate of drug-likeness (QED) is 0.488. The Morgan fingerprint density at radius 3 is 2.50 bits per heavy atom. The number of nitrogens with zero attached hydrogens (tertiary/aromatic N) is 2. The summed E-state index contributed by atoms with van der Waals surface area (Å²) in [5.41, 5.74) is 10.5. The SMILES string of the molecule is CCOc1nc(Nc2ccc(-c3cnco3)cc2)cc(N)c1-c1ccccc1. The van der Waals surface area contributed by atoms with Crippen LogP contribution in [0.4, 0.5) is 17.2 Å². The minimum Gasteiger partial charge on any atom is -0.477 e. The Balaban J connectivity index is 1.63. The molecule has 0 fully saturated rings. The normalized spacial score (nSPS) is 10.6. The van der Waals surface area contributed by atoms with Crippen LogP contribution in [-0.2, 0) is 0 Å². The largest absolute Gasteiger partial charge is 0.477 e. The van der Waals surface area contributed by atoms with Crippen LogP contribution in [0.2, 0.25) is 0 Å². The molecule has 0 unspecified atom stereocenters. The van der Waals surface area contributed by atoms with Crippen LogP contribution < -0.4 is 15.8 Å². The summed E-state index contributed by atoms with van der Waals surface area (Å²) in [7, 11) is 0. The number of aromatic nitrogens is 2. The lowest BCUT2D eigenvalue weighted by Crippen LogP contribution is -2.04. The van der Waals surface area contributed by atoms with E-state index in [1.54, 1.807) is 6.20 Å². The zero-order valence-corrected chi connectivity index (χ0v) is 15.4. The predicted molar refractivity (Wildman–Crippen MR) is 110 cm³/mol. The lowest BCUT2D eigenvalue weighted by molar-refractivity contribution is 0.329. The third kappa shape index (κ3) is 3.66. The van der Waals surface area contributed by atoms with Gasteiger partial charge in [-0.25, -0.2) is 4.98 Å². The Labute approximate surface area is 163 Å². The van der Waals surface area contributed by atoms with Gasteiger partial charge in [0.25, 0.3) is 0 Å². The molecule has 4 aromatic rings. The van der Waals surface area contributed by atoms with Crippen molar-refractivity contribution in [1.82, 2.24) is 9.97 Å². The van der Waals surface area contributed by atoms with Gasteiger partial charge in [-0.05, 0) is 36.8 Å². The van der Waals surface area contributed by atoms with Crippen LogP contribution in [0.1, 0.15) is 6.92 Å². The van der Waals surface area contributed by atoms with E-state index < -0.39 is 0 Å². The molecule has 140 valence electrons. The Kier molecular flexibility index (Phi) is 4.93. The summed E-state index contributed by atoms with van der Waals surface area (Å²) in [5.74, 6) is 1.85. The fraction of sp³-hybridized carbons (Fsp3) is 0.0909. The fourth-order valence-electron chi connectivity index (χ4n) is 2.96. The highest BCUT2D eigenvalue weighted by molar-refractivity contribution is 5.83. The molecule has 0 amide bonds. The second kappa shape index (κ2) is 7.84. The number of hydrogen-bond acceptors (Lipinski definition) is 6. The van der Waals surface area contributed by atoms with E-state index in [4.69, 9.17) is 14.9 Å². The molecule has 0 aliphatic carbocycles. The number of rotatable bonds is 6. The molecule has 4 rings (SSSR count). The summed E-state index contributed by atoms with van der Waals surface area (Å²) in [6, 6.07) is 19.5. The molecule has 2 aromatic carbocycles. The van der Waals surface area contributed by atoms with E-state index in [1.165, 1.54) is 6.39 Å². The molecule has 0 aliphatic rings. The van der Waals surface area contributed by atoms with Gasteiger partial charge in [0.2, 0.25) is 5.88 Å². The van der Waals surface area contributed by atoms with Gasteiger partial charge in [0.1, 0.15) is 5.82 Å². The Hall–Kier alpha value is -3.80. The van der Waals surface area contributed by atoms with Gasteiger partial charge < -0.3 is 20.2 Å². The van der Waals surface area contributed by atoms with Crippen molar-refractivity contribution >= 4 is 17.2 Å². The molecule has 0 bridgehead atoms. The van der Waals surface area contributed by atoms with Crippen molar-refractivity contribution in [1.29, 1.82) is 0 Å². The van der Waals surface area contributed by atoms with Gasteiger partial charge in [-0.3, -0.25) is 0 Å². The molecule has 0 spiro atoms. The Morgan fingerprint density at radius 1 is 1.04 bits per heavy atom. The molecule has 3 N–H and O–H groups in total. The molecule has 0 saturated carbocycles. The lowest BCUT2D eigenvalue weighted by Gasteiger charge is -2.15. The molecule has 2 aromatic heterocycles. The van der Waals surface area contributed by atoms with Crippen molar-refractivity contribution in [2.24, 2.45) is 0 Å². The fourth-order valence-corrected chi connectivity index (χ4v) is 2.96. The van der Waals surface area contributed by atoms with Crippen LogP contribution in [0, 0.1) is 0 Å². The van der Waals surface area contributed by atoms with E-state index in [9.17, 15) is 0 Å². The summed E-state index contributed by atoms with van der Waals surface area (Å²) in [6.45, 7) is 2.43. The molecule has 0 radical (unpaired) electrons. The van der Waals surface area contributed by atoms with Crippen LogP contribution in [-0.4, -0.2) is 16.6 Å². The molecular formula is C22H20N4O2. The first kappa shape index (κ1) is 17.6. The van der Waals surface area contributed by atoms with Gasteiger partial charge in [0.05, 0.1) is 18.4 Å². The summed E-state index contributed by atoms with van der Waals surface area (Å²) in [5, 5.41) is 3.28. The molecule has 0 atom stereocenters. The number of nitrogen functional groups attached to an aromatic ring is 1. The van der Waals surface area contributed by atoms with Crippen LogP contribution in [0.25, 0.3) is 22.5 Å². The highest BCUT2D eigenvalue weighted by atomic mass is 16.5. The molecule has 6 heteroatoms.